The van der Waals surface area contributed by atoms with Gasteiger partial charge >= 0.3 is 36.3 Å². The number of aliphatic carboxylic acids is 1. The van der Waals surface area contributed by atoms with Gasteiger partial charge in [0.15, 0.2) is 11.3 Å². The van der Waals surface area contributed by atoms with E-state index in [-0.39, 0.29) is 134 Å². The second-order valence-electron chi connectivity index (χ2n) is 37.1. The van der Waals surface area contributed by atoms with Gasteiger partial charge in [-0.1, -0.05) is 121 Å². The second kappa shape index (κ2) is 43.7. The standard InChI is InChI=1S/C31H42N2O5.C31H41NO7.C17H30N2O5.C13H23NO5.CH3.Pd/c1-22-17-18-31(33(22)29(35)38-30(4,5)6)24(3)32(28(31)34)27(21-36-19-25-13-9-7-10-14-25)23(2)37-20-26-15-11-8-12-16-26;1-22-16-17-31(23(2)33,32(22)29(36)39-30(3,4)5)27(34)18-26(21-37-19-24-12-8-6-9-13-24)28(35)38-20-25-14-10-7-11-15-25;1-10-7-8-17(19(10)15(23)24-16(4,5)6)12(3)18(14(17)22)13(9-20)11(2)21;1-8-6-7-13(9(2)15,10(16)17)14(8)11(18)19-12(3,4)5;;/h7-16,22-24,27H,17-21H2,1-6H3;6-15,22-23,26,33H,16-21H2,1-5H3;10-13,20-21H,7-9H2,1-6H3;8-9,15H,6-7H2,1-5H3,(H,16,17);1H3;/q;;;;-1;/t22?,23?,24?,27-,31?;22?,23?,26-,31?;10?,11?,12?,13-,17?;;;/m000.../s1. The first-order chi connectivity index (χ1) is 56.0. The molecule has 29 heteroatoms. The van der Waals surface area contributed by atoms with E-state index in [1.54, 1.807) is 86.0 Å². The van der Waals surface area contributed by atoms with E-state index in [9.17, 15) is 68.7 Å². The van der Waals surface area contributed by atoms with Gasteiger partial charge in [-0.3, -0.25) is 38.8 Å². The smallest absolute Gasteiger partial charge is 0.411 e. The van der Waals surface area contributed by atoms with E-state index in [4.69, 9.17) is 37.9 Å². The number of carbonyl (C=O) groups is 9. The van der Waals surface area contributed by atoms with Crippen LogP contribution >= 0.6 is 0 Å². The third-order valence-corrected chi connectivity index (χ3v) is 23.5. The number of esters is 1. The molecule has 5 N–H and O–H groups in total. The van der Waals surface area contributed by atoms with Crippen LogP contribution in [-0.2, 0) is 109 Å². The van der Waals surface area contributed by atoms with Gasteiger partial charge in [0.25, 0.3) is 11.8 Å². The van der Waals surface area contributed by atoms with Crippen molar-refractivity contribution in [2.24, 2.45) is 5.92 Å². The summed E-state index contributed by atoms with van der Waals surface area (Å²) in [4.78, 5) is 126. The molecule has 0 aromatic heterocycles. The number of β-lactam (4-membered cyclic amide) rings is 2. The number of carbonyl (C=O) groups excluding carboxylic acids is 8. The fourth-order valence-electron chi connectivity index (χ4n) is 17.3. The van der Waals surface area contributed by atoms with Crippen molar-refractivity contribution < 1.29 is 127 Å². The van der Waals surface area contributed by atoms with Gasteiger partial charge in [0.2, 0.25) is 0 Å². The molecular weight excluding hydrogens is 1660 g/mol. The van der Waals surface area contributed by atoms with Crippen LogP contribution in [0.5, 0.6) is 0 Å². The van der Waals surface area contributed by atoms with Gasteiger partial charge in [-0.25, -0.2) is 24.0 Å². The van der Waals surface area contributed by atoms with Gasteiger partial charge in [0.05, 0.1) is 94.1 Å². The number of ketones is 1. The van der Waals surface area contributed by atoms with Crippen LogP contribution in [0.3, 0.4) is 0 Å². The quantitative estimate of drug-likeness (QED) is 0.0135. The third kappa shape index (κ3) is 24.7. The van der Waals surface area contributed by atoms with Gasteiger partial charge in [-0.15, -0.1) is 0 Å². The Balaban J connectivity index is 0.000000299. The van der Waals surface area contributed by atoms with Crippen LogP contribution in [0.25, 0.3) is 0 Å². The minimum absolute atomic E-state index is 0. The number of benzene rings is 4. The minimum atomic E-state index is -1.60. The van der Waals surface area contributed by atoms with Gasteiger partial charge in [0.1, 0.15) is 45.6 Å². The predicted molar refractivity (Wildman–Crippen MR) is 457 cm³/mol. The molecule has 0 saturated carbocycles. The number of carboxylic acids is 1. The number of nitrogens with zero attached hydrogens (tertiary/aromatic N) is 6. The number of aliphatic hydroxyl groups excluding tert-OH is 4. The summed E-state index contributed by atoms with van der Waals surface area (Å²) in [7, 11) is 0. The molecule has 10 rings (SSSR count). The Morgan fingerprint density at radius 1 is 0.443 bits per heavy atom. The first-order valence-corrected chi connectivity index (χ1v) is 42.2. The molecule has 4 aromatic carbocycles. The molecule has 6 saturated heterocycles. The molecule has 17 atom stereocenters. The van der Waals surface area contributed by atoms with Crippen molar-refractivity contribution >= 4 is 53.9 Å². The molecular formula is C93H139N6O22Pd-. The van der Waals surface area contributed by atoms with E-state index in [0.29, 0.717) is 45.5 Å². The maximum absolute atomic E-state index is 14.0. The molecule has 0 bridgehead atoms. The van der Waals surface area contributed by atoms with Crippen molar-refractivity contribution in [2.75, 3.05) is 19.8 Å². The van der Waals surface area contributed by atoms with Crippen molar-refractivity contribution in [2.45, 2.75) is 354 Å². The van der Waals surface area contributed by atoms with Crippen LogP contribution in [-0.4, -0.2) is 246 Å². The van der Waals surface area contributed by atoms with E-state index in [1.807, 2.05) is 189 Å². The second-order valence-corrected chi connectivity index (χ2v) is 37.1. The summed E-state index contributed by atoms with van der Waals surface area (Å²) in [5.74, 6) is -3.38. The Labute approximate surface area is 736 Å². The van der Waals surface area contributed by atoms with Crippen LogP contribution in [0.1, 0.15) is 232 Å². The molecule has 6 aliphatic rings. The summed E-state index contributed by atoms with van der Waals surface area (Å²) in [5, 5.41) is 49.6. The Morgan fingerprint density at radius 3 is 1.09 bits per heavy atom. The van der Waals surface area contributed by atoms with Gasteiger partial charge in [-0.2, -0.15) is 0 Å². The van der Waals surface area contributed by atoms with Crippen molar-refractivity contribution in [3.8, 4) is 0 Å². The van der Waals surface area contributed by atoms with Gasteiger partial charge in [0, 0.05) is 51.0 Å². The summed E-state index contributed by atoms with van der Waals surface area (Å²) in [6.45, 7) is 40.4. The molecule has 28 nitrogen and oxygen atoms in total. The van der Waals surface area contributed by atoms with Crippen LogP contribution in [0.2, 0.25) is 0 Å². The molecule has 14 unspecified atom stereocenters. The van der Waals surface area contributed by atoms with E-state index in [1.165, 1.54) is 28.5 Å². The third-order valence-electron chi connectivity index (χ3n) is 23.5. The number of amides is 6. The number of rotatable bonds is 25. The normalized spacial score (nSPS) is 25.4. The van der Waals surface area contributed by atoms with Crippen LogP contribution in [0, 0.1) is 13.3 Å². The molecule has 4 aromatic rings. The predicted octanol–water partition coefficient (Wildman–Crippen LogP) is 13.8. The zero-order chi connectivity index (χ0) is 89.6. The summed E-state index contributed by atoms with van der Waals surface area (Å²) in [6, 6.07) is 36.6. The maximum atomic E-state index is 14.0. The largest absolute Gasteiger partial charge is 0.479 e. The van der Waals surface area contributed by atoms with Crippen molar-refractivity contribution in [1.82, 2.24) is 29.4 Å². The molecule has 122 heavy (non-hydrogen) atoms. The van der Waals surface area contributed by atoms with E-state index in [0.717, 1.165) is 35.1 Å². The zero-order valence-corrected chi connectivity index (χ0v) is 77.6. The molecule has 6 aliphatic heterocycles. The SMILES string of the molecule is CC(O)[C@H](CO)N1C(=O)C2(CCC(C)N2C(=O)OC(C)(C)C)C1C.CC(OCc1ccccc1)[C@H](COCc1ccccc1)N1C(=O)C2(CCC(C)N2C(=O)OC(C)(C)C)C1C.CC1CCC(C(=O)C[C@@H](COCc2ccccc2)C(=O)OCc2ccccc2)(C(C)O)N1C(=O)OC(C)(C)C.CC1CCC(C(=O)O)(C(C)O)N1C(=O)OC(C)(C)C.[CH3-].[Pd]. The topological polar surface area (TPSA) is 348 Å². The van der Waals surface area contributed by atoms with Gasteiger partial charge < -0.3 is 80.7 Å². The Morgan fingerprint density at radius 2 is 0.754 bits per heavy atom. The van der Waals surface area contributed by atoms with Gasteiger partial charge in [-0.05, 0) is 226 Å². The minimum Gasteiger partial charge on any atom is -0.479 e. The number of hydrogen-bond acceptors (Lipinski definition) is 21. The van der Waals surface area contributed by atoms with Crippen LogP contribution < -0.4 is 0 Å². The maximum Gasteiger partial charge on any atom is 0.411 e. The van der Waals surface area contributed by atoms with Crippen LogP contribution in [0.4, 0.5) is 19.2 Å². The molecule has 0 aliphatic carbocycles. The first-order valence-electron chi connectivity index (χ1n) is 42.2. The fourth-order valence-corrected chi connectivity index (χ4v) is 17.3. The summed E-state index contributed by atoms with van der Waals surface area (Å²) < 4.78 is 46.0. The molecule has 2 spiro atoms. The molecule has 6 heterocycles. The number of aliphatic hydroxyl groups is 4. The average molecular weight is 1800 g/mol. The fraction of sp³-hybridized carbons (Fsp3) is 0.634. The van der Waals surface area contributed by atoms with Crippen LogP contribution in [0.15, 0.2) is 121 Å². The number of carboxylic acid groups (broad SMARTS) is 1. The monoisotopic (exact) mass is 1800 g/mol. The molecule has 0 radical (unpaired) electrons. The zero-order valence-electron chi connectivity index (χ0n) is 76.0. The number of Topliss-reactive ketones (excluding diaryl/α,β-unsaturated/α-hetero) is 1. The van der Waals surface area contributed by atoms with E-state index >= 15 is 0 Å². The molecule has 6 amide bonds. The summed E-state index contributed by atoms with van der Waals surface area (Å²) in [6.07, 6.45) is -1.75. The van der Waals surface area contributed by atoms with E-state index < -0.39 is 117 Å². The van der Waals surface area contributed by atoms with Crippen molar-refractivity contribution in [1.29, 1.82) is 0 Å². The summed E-state index contributed by atoms with van der Waals surface area (Å²) >= 11 is 0. The number of hydrogen-bond donors (Lipinski definition) is 5. The summed E-state index contributed by atoms with van der Waals surface area (Å²) in [5.41, 5.74) is -3.78. The average Bonchev–Trinajstić information content (AvgIpc) is 1.43. The Hall–Kier alpha value is -8.11. The molecule has 6 fully saturated rings. The molecule has 684 valence electrons. The number of likely N-dealkylation sites (tertiary alicyclic amines) is 6. The Kier molecular flexibility index (Phi) is 37.4. The van der Waals surface area contributed by atoms with Crippen molar-refractivity contribution in [3.05, 3.63) is 151 Å². The number of ether oxygens (including phenoxy) is 8. The Bertz CT molecular complexity index is 4060. The van der Waals surface area contributed by atoms with Crippen molar-refractivity contribution in [3.63, 3.8) is 0 Å². The van der Waals surface area contributed by atoms with E-state index in [2.05, 4.69) is 0 Å². The first kappa shape index (κ1) is 104.